The van der Waals surface area contributed by atoms with Gasteiger partial charge in [-0.25, -0.2) is 0 Å². The maximum atomic E-state index is 14.4. The van der Waals surface area contributed by atoms with Crippen LogP contribution in [-0.4, -0.2) is 25.0 Å². The number of ether oxygens (including phenoxy) is 2. The smallest absolute Gasteiger partial charge is 0.256 e. The van der Waals surface area contributed by atoms with Gasteiger partial charge in [-0.05, 0) is 52.9 Å². The topological polar surface area (TPSA) is 67.9 Å². The monoisotopic (exact) mass is 516 g/mol. The van der Waals surface area contributed by atoms with E-state index in [1.807, 2.05) is 83.8 Å². The highest BCUT2D eigenvalue weighted by Crippen LogP contribution is 2.54. The van der Waals surface area contributed by atoms with Gasteiger partial charge in [-0.1, -0.05) is 61.5 Å². The highest BCUT2D eigenvalue weighted by molar-refractivity contribution is 6.12. The highest BCUT2D eigenvalue weighted by Gasteiger charge is 2.57. The lowest BCUT2D eigenvalue weighted by atomic mass is 9.76. The average Bonchev–Trinajstić information content (AvgIpc) is 3.65. The minimum atomic E-state index is -0.916. The van der Waals surface area contributed by atoms with Crippen molar-refractivity contribution >= 4 is 23.2 Å². The van der Waals surface area contributed by atoms with Crippen molar-refractivity contribution in [3.8, 4) is 11.5 Å². The fourth-order valence-corrected chi connectivity index (χ4v) is 6.20. The second-order valence-electron chi connectivity index (χ2n) is 10.3. The van der Waals surface area contributed by atoms with Crippen LogP contribution >= 0.6 is 0 Å². The zero-order valence-corrected chi connectivity index (χ0v) is 21.7. The Hall–Kier alpha value is -4.58. The Bertz CT molecular complexity index is 1640. The number of nitrogens with zero attached hydrogens (tertiary/aromatic N) is 1. The molecule has 1 spiro atoms. The first-order valence-electron chi connectivity index (χ1n) is 13.4. The molecule has 6 nitrogen and oxygen atoms in total. The Balaban J connectivity index is 1.26. The minimum Gasteiger partial charge on any atom is -0.493 e. The van der Waals surface area contributed by atoms with Crippen molar-refractivity contribution < 1.29 is 19.1 Å². The zero-order chi connectivity index (χ0) is 26.6. The van der Waals surface area contributed by atoms with E-state index < -0.39 is 5.41 Å². The molecule has 3 aliphatic heterocycles. The molecule has 0 fully saturated rings. The van der Waals surface area contributed by atoms with Crippen LogP contribution in [0.3, 0.4) is 0 Å². The third kappa shape index (κ3) is 3.55. The van der Waals surface area contributed by atoms with E-state index in [-0.39, 0.29) is 25.0 Å². The highest BCUT2D eigenvalue weighted by atomic mass is 16.5. The maximum absolute atomic E-state index is 14.4. The lowest BCUT2D eigenvalue weighted by Gasteiger charge is -2.24. The van der Waals surface area contributed by atoms with Gasteiger partial charge < -0.3 is 19.7 Å². The van der Waals surface area contributed by atoms with Crippen molar-refractivity contribution in [1.29, 1.82) is 0 Å². The van der Waals surface area contributed by atoms with Crippen molar-refractivity contribution in [2.75, 3.05) is 23.4 Å². The number of benzene rings is 4. The van der Waals surface area contributed by atoms with Crippen molar-refractivity contribution in [2.24, 2.45) is 0 Å². The first-order chi connectivity index (χ1) is 19.1. The van der Waals surface area contributed by atoms with Crippen LogP contribution in [0.2, 0.25) is 0 Å². The first-order valence-corrected chi connectivity index (χ1v) is 13.4. The summed E-state index contributed by atoms with van der Waals surface area (Å²) in [5, 5.41) is 3.08. The molecule has 1 N–H and O–H groups in total. The number of hydrogen-bond acceptors (Lipinski definition) is 4. The van der Waals surface area contributed by atoms with Crippen molar-refractivity contribution in [2.45, 2.75) is 31.7 Å². The summed E-state index contributed by atoms with van der Waals surface area (Å²) < 4.78 is 11.9. The van der Waals surface area contributed by atoms with Gasteiger partial charge in [0.25, 0.3) is 5.91 Å². The summed E-state index contributed by atoms with van der Waals surface area (Å²) in [5.74, 6) is 1.32. The Morgan fingerprint density at radius 1 is 0.897 bits per heavy atom. The molecule has 0 radical (unpaired) electrons. The molecule has 1 atom stereocenters. The van der Waals surface area contributed by atoms with E-state index in [0.29, 0.717) is 17.9 Å². The van der Waals surface area contributed by atoms with Crippen LogP contribution in [0.4, 0.5) is 11.4 Å². The summed E-state index contributed by atoms with van der Waals surface area (Å²) in [6, 6.07) is 27.3. The van der Waals surface area contributed by atoms with E-state index in [1.165, 1.54) is 0 Å². The summed E-state index contributed by atoms with van der Waals surface area (Å²) in [6.07, 6.45) is 1.64. The van der Waals surface area contributed by atoms with Crippen molar-refractivity contribution in [3.63, 3.8) is 0 Å². The molecule has 2 amide bonds. The zero-order valence-electron chi connectivity index (χ0n) is 21.7. The molecule has 0 saturated heterocycles. The molecular weight excluding hydrogens is 488 g/mol. The standard InChI is InChI=1S/C33H28N2O4/c1-2-21-9-4-7-13-27(21)34-31(36)24-11-5-3-10-23(24)19-35-28-14-8-6-12-25(28)33(32(35)37)20-39-30-18-29-22(15-16-38-29)17-26(30)33/h3-14,17-18H,2,15-16,19-20H2,1H3,(H,34,36). The lowest BCUT2D eigenvalue weighted by molar-refractivity contribution is -0.122. The van der Waals surface area contributed by atoms with Crippen molar-refractivity contribution in [1.82, 2.24) is 0 Å². The molecule has 7 rings (SSSR count). The van der Waals surface area contributed by atoms with E-state index in [1.54, 1.807) is 0 Å². The molecule has 194 valence electrons. The Morgan fingerprint density at radius 3 is 2.54 bits per heavy atom. The number of hydrogen-bond donors (Lipinski definition) is 1. The van der Waals surface area contributed by atoms with Gasteiger partial charge >= 0.3 is 0 Å². The van der Waals surface area contributed by atoms with Gasteiger partial charge in [0, 0.05) is 35.0 Å². The number of fused-ring (bicyclic) bond motifs is 5. The van der Waals surface area contributed by atoms with Gasteiger partial charge in [0.05, 0.1) is 13.2 Å². The van der Waals surface area contributed by atoms with Gasteiger partial charge in [-0.2, -0.15) is 0 Å². The minimum absolute atomic E-state index is 0.0344. The number of carbonyl (C=O) groups excluding carboxylic acids is 2. The lowest BCUT2D eigenvalue weighted by Crippen LogP contribution is -2.42. The molecule has 0 saturated carbocycles. The van der Waals surface area contributed by atoms with E-state index in [0.717, 1.165) is 57.8 Å². The fraction of sp³-hybridized carbons (Fsp3) is 0.212. The van der Waals surface area contributed by atoms with Crippen LogP contribution < -0.4 is 19.7 Å². The number of anilines is 2. The molecule has 39 heavy (non-hydrogen) atoms. The molecule has 3 heterocycles. The van der Waals surface area contributed by atoms with Crippen LogP contribution in [0.15, 0.2) is 84.9 Å². The summed E-state index contributed by atoms with van der Waals surface area (Å²) in [6.45, 7) is 3.23. The predicted octanol–water partition coefficient (Wildman–Crippen LogP) is 5.66. The number of nitrogens with one attached hydrogen (secondary N) is 1. The first kappa shape index (κ1) is 23.5. The molecule has 0 bridgehead atoms. The molecule has 1 unspecified atom stereocenters. The quantitative estimate of drug-likeness (QED) is 0.372. The van der Waals surface area contributed by atoms with E-state index in [9.17, 15) is 9.59 Å². The number of rotatable bonds is 5. The summed E-state index contributed by atoms with van der Waals surface area (Å²) in [4.78, 5) is 29.7. The molecular formula is C33H28N2O4. The van der Waals surface area contributed by atoms with Crippen LogP contribution in [0.5, 0.6) is 11.5 Å². The molecule has 0 aromatic heterocycles. The van der Waals surface area contributed by atoms with Gasteiger partial charge in [0.15, 0.2) is 0 Å². The Labute approximate surface area is 227 Å². The van der Waals surface area contributed by atoms with Crippen LogP contribution in [0, 0.1) is 0 Å². The number of aryl methyl sites for hydroxylation is 1. The number of carbonyl (C=O) groups is 2. The molecule has 4 aromatic carbocycles. The third-order valence-electron chi connectivity index (χ3n) is 8.20. The van der Waals surface area contributed by atoms with Crippen molar-refractivity contribution in [3.05, 3.63) is 118 Å². The summed E-state index contributed by atoms with van der Waals surface area (Å²) >= 11 is 0. The third-order valence-corrected chi connectivity index (χ3v) is 8.20. The Kier molecular flexibility index (Phi) is 5.44. The predicted molar refractivity (Wildman–Crippen MR) is 150 cm³/mol. The van der Waals surface area contributed by atoms with E-state index >= 15 is 0 Å². The van der Waals surface area contributed by atoms with Crippen LogP contribution in [-0.2, 0) is 29.6 Å². The van der Waals surface area contributed by atoms with Gasteiger partial charge in [0.1, 0.15) is 23.5 Å². The molecule has 0 aliphatic carbocycles. The average molecular weight is 517 g/mol. The molecule has 6 heteroatoms. The van der Waals surface area contributed by atoms with Crippen LogP contribution in [0.1, 0.15) is 45.1 Å². The van der Waals surface area contributed by atoms with Gasteiger partial charge in [-0.3, -0.25) is 9.59 Å². The van der Waals surface area contributed by atoms with E-state index in [2.05, 4.69) is 18.3 Å². The maximum Gasteiger partial charge on any atom is 0.256 e. The van der Waals surface area contributed by atoms with Gasteiger partial charge in [0.2, 0.25) is 5.91 Å². The second kappa shape index (κ2) is 9.02. The molecule has 3 aliphatic rings. The number of amides is 2. The number of para-hydroxylation sites is 2. The Morgan fingerprint density at radius 2 is 1.67 bits per heavy atom. The normalized spacial score (nSPS) is 18.4. The summed E-state index contributed by atoms with van der Waals surface area (Å²) in [5.41, 5.74) is 6.08. The summed E-state index contributed by atoms with van der Waals surface area (Å²) in [7, 11) is 0. The van der Waals surface area contributed by atoms with Crippen LogP contribution in [0.25, 0.3) is 0 Å². The second-order valence-corrected chi connectivity index (χ2v) is 10.3. The largest absolute Gasteiger partial charge is 0.493 e. The fourth-order valence-electron chi connectivity index (χ4n) is 6.20. The molecule has 4 aromatic rings. The van der Waals surface area contributed by atoms with E-state index in [4.69, 9.17) is 9.47 Å². The van der Waals surface area contributed by atoms with Gasteiger partial charge in [-0.15, -0.1) is 0 Å². The SMILES string of the molecule is CCc1ccccc1NC(=O)c1ccccc1CN1C(=O)C2(COc3cc4c(cc32)CCO4)c2ccccc21.